The minimum Gasteiger partial charge on any atom is -0.492 e. The summed E-state index contributed by atoms with van der Waals surface area (Å²) in [5.74, 6) is 4.33. The predicted molar refractivity (Wildman–Crippen MR) is 175 cm³/mol. The van der Waals surface area contributed by atoms with E-state index in [9.17, 15) is 0 Å². The average molecular weight is 618 g/mol. The fourth-order valence-corrected chi connectivity index (χ4v) is 6.61. The number of nitrogens with zero attached hydrogens (tertiary/aromatic N) is 6. The van der Waals surface area contributed by atoms with E-state index in [2.05, 4.69) is 78.6 Å². The maximum atomic E-state index is 6.55. The Kier molecular flexibility index (Phi) is 9.08. The summed E-state index contributed by atoms with van der Waals surface area (Å²) in [4.78, 5) is 21.7. The zero-order valence-electron chi connectivity index (χ0n) is 26.3. The quantitative estimate of drug-likeness (QED) is 0.197. The van der Waals surface area contributed by atoms with E-state index in [0.29, 0.717) is 12.5 Å². The molecule has 3 aromatic heterocycles. The highest BCUT2D eigenvalue weighted by Gasteiger charge is 2.24. The number of thioether (sulfide) groups is 1. The van der Waals surface area contributed by atoms with Crippen LogP contribution in [0.4, 0.5) is 17.6 Å². The van der Waals surface area contributed by atoms with E-state index in [-0.39, 0.29) is 10.9 Å². The molecule has 11 nitrogen and oxygen atoms in total. The molecule has 0 atom stereocenters. The fourth-order valence-electron chi connectivity index (χ4n) is 5.55. The van der Waals surface area contributed by atoms with Crippen LogP contribution in [0.15, 0.2) is 35.7 Å². The van der Waals surface area contributed by atoms with E-state index in [4.69, 9.17) is 9.47 Å². The molecule has 0 spiro atoms. The molecule has 6 rings (SSSR count). The second-order valence-electron chi connectivity index (χ2n) is 12.7. The molecule has 4 aromatic rings. The van der Waals surface area contributed by atoms with Crippen molar-refractivity contribution in [3.05, 3.63) is 42.1 Å². The molecule has 5 heterocycles. The number of aromatic amines is 1. The maximum Gasteiger partial charge on any atom is 0.225 e. The lowest BCUT2D eigenvalue weighted by atomic mass is 9.98. The van der Waals surface area contributed by atoms with Crippen molar-refractivity contribution in [3.63, 3.8) is 0 Å². The first-order chi connectivity index (χ1) is 21.2. The van der Waals surface area contributed by atoms with Gasteiger partial charge < -0.3 is 25.0 Å². The van der Waals surface area contributed by atoms with Gasteiger partial charge in [0.05, 0.1) is 29.4 Å². The molecule has 2 aliphatic rings. The lowest BCUT2D eigenvalue weighted by Crippen LogP contribution is -2.36. The molecule has 2 aliphatic heterocycles. The normalized spacial score (nSPS) is 16.8. The summed E-state index contributed by atoms with van der Waals surface area (Å²) in [6.45, 7) is 15.1. The van der Waals surface area contributed by atoms with E-state index >= 15 is 0 Å². The van der Waals surface area contributed by atoms with E-state index in [1.807, 2.05) is 26.2 Å². The monoisotopic (exact) mass is 617 g/mol. The molecule has 0 saturated carbocycles. The molecule has 0 bridgehead atoms. The second kappa shape index (κ2) is 13.2. The molecule has 0 amide bonds. The highest BCUT2D eigenvalue weighted by atomic mass is 32.2. The number of rotatable bonds is 9. The van der Waals surface area contributed by atoms with Gasteiger partial charge in [-0.1, -0.05) is 20.8 Å². The summed E-state index contributed by atoms with van der Waals surface area (Å²) in [5.41, 5.74) is 2.93. The van der Waals surface area contributed by atoms with Gasteiger partial charge in [0.15, 0.2) is 11.6 Å². The Morgan fingerprint density at radius 3 is 2.41 bits per heavy atom. The smallest absolute Gasteiger partial charge is 0.225 e. The van der Waals surface area contributed by atoms with Gasteiger partial charge in [0.1, 0.15) is 24.0 Å². The zero-order valence-corrected chi connectivity index (χ0v) is 27.1. The van der Waals surface area contributed by atoms with Crippen molar-refractivity contribution < 1.29 is 9.47 Å². The number of benzene rings is 1. The van der Waals surface area contributed by atoms with Crippen LogP contribution in [0, 0.1) is 19.8 Å². The summed E-state index contributed by atoms with van der Waals surface area (Å²) in [7, 11) is 0. The first-order valence-electron chi connectivity index (χ1n) is 15.6. The largest absolute Gasteiger partial charge is 0.492 e. The van der Waals surface area contributed by atoms with Crippen LogP contribution in [0.3, 0.4) is 0 Å². The Labute approximate surface area is 263 Å². The van der Waals surface area contributed by atoms with Crippen molar-refractivity contribution >= 4 is 40.2 Å². The van der Waals surface area contributed by atoms with Crippen LogP contribution in [-0.4, -0.2) is 73.8 Å². The van der Waals surface area contributed by atoms with Crippen molar-refractivity contribution in [1.82, 2.24) is 35.5 Å². The van der Waals surface area contributed by atoms with Crippen LogP contribution in [0.25, 0.3) is 10.9 Å². The molecule has 234 valence electrons. The lowest BCUT2D eigenvalue weighted by molar-refractivity contribution is 0.161. The van der Waals surface area contributed by atoms with Gasteiger partial charge in [-0.25, -0.2) is 19.9 Å². The van der Waals surface area contributed by atoms with Crippen LogP contribution < -0.4 is 25.0 Å². The molecule has 0 aliphatic carbocycles. The van der Waals surface area contributed by atoms with Crippen molar-refractivity contribution in [3.8, 4) is 11.5 Å². The standard InChI is InChI=1S/C32H43N9O2S/c1-20-21(2)39-40-29(20)38-30-25-14-28(44-32(3,4)5)27(15-26(25)36-19-37-30)42-18-22-8-12-41(13-9-22)31-34-16-24(17-35-31)43-23-6-10-33-11-7-23/h14-17,19,22-23,33H,6-13,18H2,1-5H3,(H2,36,37,38,39,40). The third-order valence-corrected chi connectivity index (χ3v) is 9.33. The van der Waals surface area contributed by atoms with Crippen molar-refractivity contribution in [2.75, 3.05) is 43.0 Å². The van der Waals surface area contributed by atoms with Gasteiger partial charge >= 0.3 is 0 Å². The predicted octanol–water partition coefficient (Wildman–Crippen LogP) is 5.82. The van der Waals surface area contributed by atoms with Crippen molar-refractivity contribution in [2.45, 2.75) is 76.0 Å². The number of hydrogen-bond donors (Lipinski definition) is 3. The first kappa shape index (κ1) is 30.4. The Morgan fingerprint density at radius 1 is 0.977 bits per heavy atom. The Balaban J connectivity index is 1.10. The lowest BCUT2D eigenvalue weighted by Gasteiger charge is -2.32. The third kappa shape index (κ3) is 7.35. The van der Waals surface area contributed by atoms with E-state index in [1.54, 1.807) is 18.1 Å². The molecule has 1 aromatic carbocycles. The van der Waals surface area contributed by atoms with Gasteiger partial charge in [0.2, 0.25) is 5.95 Å². The van der Waals surface area contributed by atoms with Crippen LogP contribution in [0.1, 0.15) is 57.7 Å². The number of hydrogen-bond acceptors (Lipinski definition) is 11. The van der Waals surface area contributed by atoms with E-state index in [0.717, 1.165) is 108 Å². The summed E-state index contributed by atoms with van der Waals surface area (Å²) in [6, 6.07) is 4.20. The molecule has 2 saturated heterocycles. The molecule has 2 fully saturated rings. The van der Waals surface area contributed by atoms with Crippen LogP contribution >= 0.6 is 11.8 Å². The Bertz CT molecular complexity index is 1560. The molecule has 44 heavy (non-hydrogen) atoms. The van der Waals surface area contributed by atoms with Gasteiger partial charge in [-0.3, -0.25) is 5.10 Å². The van der Waals surface area contributed by atoms with Gasteiger partial charge in [0.25, 0.3) is 0 Å². The van der Waals surface area contributed by atoms with Gasteiger partial charge in [-0.2, -0.15) is 5.10 Å². The highest BCUT2D eigenvalue weighted by Crippen LogP contribution is 2.41. The van der Waals surface area contributed by atoms with Gasteiger partial charge in [0, 0.05) is 40.5 Å². The number of nitrogens with one attached hydrogen (secondary N) is 3. The molecule has 0 radical (unpaired) electrons. The van der Waals surface area contributed by atoms with Gasteiger partial charge in [-0.15, -0.1) is 11.8 Å². The number of anilines is 3. The summed E-state index contributed by atoms with van der Waals surface area (Å²) >= 11 is 1.79. The molecule has 0 unspecified atom stereocenters. The third-order valence-electron chi connectivity index (χ3n) is 8.18. The maximum absolute atomic E-state index is 6.55. The zero-order chi connectivity index (χ0) is 30.7. The minimum atomic E-state index is 0.00441. The number of aromatic nitrogens is 6. The Hall–Kier alpha value is -3.64. The second-order valence-corrected chi connectivity index (χ2v) is 14.6. The SMILES string of the molecule is Cc1[nH]nc(Nc2ncnc3cc(OCC4CCN(c5ncc(OC6CCNCC6)cn5)CC4)c(SC(C)(C)C)cc23)c1C. The number of ether oxygens (including phenoxy) is 2. The van der Waals surface area contributed by atoms with E-state index in [1.165, 1.54) is 0 Å². The van der Waals surface area contributed by atoms with Crippen LogP contribution in [-0.2, 0) is 0 Å². The minimum absolute atomic E-state index is 0.00441. The number of piperidine rings is 2. The van der Waals surface area contributed by atoms with Gasteiger partial charge in [-0.05, 0) is 64.6 Å². The number of fused-ring (bicyclic) bond motifs is 1. The summed E-state index contributed by atoms with van der Waals surface area (Å²) < 4.78 is 12.6. The van der Waals surface area contributed by atoms with Crippen LogP contribution in [0.2, 0.25) is 0 Å². The molecular weight excluding hydrogens is 574 g/mol. The Morgan fingerprint density at radius 2 is 1.73 bits per heavy atom. The summed E-state index contributed by atoms with van der Waals surface area (Å²) in [5, 5.41) is 15.1. The highest BCUT2D eigenvalue weighted by molar-refractivity contribution is 8.00. The van der Waals surface area contributed by atoms with Crippen LogP contribution in [0.5, 0.6) is 11.5 Å². The summed E-state index contributed by atoms with van der Waals surface area (Å²) in [6.07, 6.45) is 9.53. The van der Waals surface area contributed by atoms with E-state index < -0.39 is 0 Å². The fraction of sp³-hybridized carbons (Fsp3) is 0.531. The average Bonchev–Trinajstić information content (AvgIpc) is 3.33. The number of H-pyrrole nitrogens is 1. The molecule has 3 N–H and O–H groups in total. The molecular formula is C32H43N9O2S. The van der Waals surface area contributed by atoms with Crippen molar-refractivity contribution in [2.24, 2.45) is 5.92 Å². The number of aryl methyl sites for hydroxylation is 1. The van der Waals surface area contributed by atoms with Crippen molar-refractivity contribution in [1.29, 1.82) is 0 Å². The first-order valence-corrected chi connectivity index (χ1v) is 16.4. The molecule has 12 heteroatoms. The topological polar surface area (TPSA) is 126 Å².